The van der Waals surface area contributed by atoms with Gasteiger partial charge in [0.05, 0.1) is 6.54 Å². The molecule has 1 aromatic rings. The number of nitrogens with zero attached hydrogens (tertiary/aromatic N) is 1. The predicted octanol–water partition coefficient (Wildman–Crippen LogP) is -0.235. The van der Waals surface area contributed by atoms with E-state index in [-0.39, 0.29) is 37.8 Å². The number of benzene rings is 1. The summed E-state index contributed by atoms with van der Waals surface area (Å²) in [5, 5.41) is 13.7. The lowest BCUT2D eigenvalue weighted by Crippen LogP contribution is -2.57. The van der Waals surface area contributed by atoms with E-state index in [9.17, 15) is 28.8 Å². The summed E-state index contributed by atoms with van der Waals surface area (Å²) in [4.78, 5) is 79.4. The molecule has 3 rings (SSSR count). The molecule has 0 unspecified atom stereocenters. The normalized spacial score (nSPS) is 26.7. The van der Waals surface area contributed by atoms with Crippen LogP contribution in [0.25, 0.3) is 0 Å². The van der Waals surface area contributed by atoms with E-state index in [1.807, 2.05) is 51.1 Å². The van der Waals surface area contributed by atoms with Gasteiger partial charge in [-0.25, -0.2) is 0 Å². The van der Waals surface area contributed by atoms with E-state index in [0.717, 1.165) is 5.56 Å². The van der Waals surface area contributed by atoms with Gasteiger partial charge in [-0.2, -0.15) is 0 Å². The molecule has 0 spiro atoms. The van der Waals surface area contributed by atoms with Gasteiger partial charge in [-0.15, -0.1) is 0 Å². The maximum absolute atomic E-state index is 13.6. The summed E-state index contributed by atoms with van der Waals surface area (Å²) in [6, 6.07) is 5.08. The Hall–Kier alpha value is -3.96. The molecule has 0 bridgehead atoms. The third kappa shape index (κ3) is 9.29. The van der Waals surface area contributed by atoms with Crippen LogP contribution in [0.2, 0.25) is 0 Å². The Bertz CT molecular complexity index is 1130. The molecule has 2 saturated heterocycles. The van der Waals surface area contributed by atoms with E-state index in [1.165, 1.54) is 11.8 Å². The highest BCUT2D eigenvalue weighted by atomic mass is 16.2. The molecule has 224 valence electrons. The fourth-order valence-corrected chi connectivity index (χ4v) is 4.95. The molecule has 12 nitrogen and oxygen atoms in total. The van der Waals surface area contributed by atoms with Gasteiger partial charge in [-0.05, 0) is 37.7 Å². The second-order valence-electron chi connectivity index (χ2n) is 11.2. The topological polar surface area (TPSA) is 166 Å². The second kappa shape index (κ2) is 14.6. The van der Waals surface area contributed by atoms with Gasteiger partial charge in [-0.3, -0.25) is 28.8 Å². The highest BCUT2D eigenvalue weighted by Crippen LogP contribution is 2.13. The number of hydrogen-bond acceptors (Lipinski definition) is 6. The third-order valence-electron chi connectivity index (χ3n) is 7.25. The Morgan fingerprint density at radius 2 is 1.54 bits per heavy atom. The van der Waals surface area contributed by atoms with Crippen LogP contribution in [0.3, 0.4) is 0 Å². The van der Waals surface area contributed by atoms with Gasteiger partial charge in [0.25, 0.3) is 0 Å². The molecular weight excluding hydrogens is 528 g/mol. The van der Waals surface area contributed by atoms with Crippen molar-refractivity contribution in [3.8, 4) is 0 Å². The lowest BCUT2D eigenvalue weighted by Gasteiger charge is -2.30. The van der Waals surface area contributed by atoms with Crippen molar-refractivity contribution >= 4 is 35.4 Å². The largest absolute Gasteiger partial charge is 0.350 e. The lowest BCUT2D eigenvalue weighted by molar-refractivity contribution is -0.139. The van der Waals surface area contributed by atoms with Gasteiger partial charge in [0.2, 0.25) is 35.4 Å². The van der Waals surface area contributed by atoms with Crippen LogP contribution in [0.1, 0.15) is 58.9 Å². The Labute approximate surface area is 240 Å². The maximum atomic E-state index is 13.6. The zero-order valence-corrected chi connectivity index (χ0v) is 24.2. The fourth-order valence-electron chi connectivity index (χ4n) is 4.95. The monoisotopic (exact) mass is 570 g/mol. The third-order valence-corrected chi connectivity index (χ3v) is 7.25. The smallest absolute Gasteiger partial charge is 0.245 e. The molecule has 5 atom stereocenters. The van der Waals surface area contributed by atoms with Crippen molar-refractivity contribution < 1.29 is 28.8 Å². The first kappa shape index (κ1) is 31.6. The van der Waals surface area contributed by atoms with Gasteiger partial charge in [0.1, 0.15) is 24.2 Å². The Balaban J connectivity index is 1.94. The van der Waals surface area contributed by atoms with Crippen molar-refractivity contribution in [2.75, 3.05) is 13.1 Å². The van der Waals surface area contributed by atoms with Crippen LogP contribution >= 0.6 is 0 Å². The zero-order chi connectivity index (χ0) is 30.1. The maximum Gasteiger partial charge on any atom is 0.245 e. The molecule has 6 amide bonds. The van der Waals surface area contributed by atoms with E-state index in [0.29, 0.717) is 19.3 Å². The fraction of sp³-hybridized carbons (Fsp3) is 0.586. The van der Waals surface area contributed by atoms with Crippen LogP contribution in [-0.4, -0.2) is 83.6 Å². The Kier molecular flexibility index (Phi) is 11.2. The number of carbonyl (C=O) groups is 6. The zero-order valence-electron chi connectivity index (χ0n) is 24.2. The van der Waals surface area contributed by atoms with Crippen molar-refractivity contribution in [2.45, 2.75) is 90.0 Å². The molecule has 2 aliphatic rings. The minimum atomic E-state index is -0.986. The molecule has 1 aromatic carbocycles. The summed E-state index contributed by atoms with van der Waals surface area (Å²) >= 11 is 0. The average molecular weight is 571 g/mol. The minimum absolute atomic E-state index is 0.00339. The highest BCUT2D eigenvalue weighted by molar-refractivity contribution is 5.96. The Morgan fingerprint density at radius 1 is 0.878 bits per heavy atom. The first-order valence-corrected chi connectivity index (χ1v) is 14.3. The van der Waals surface area contributed by atoms with Crippen molar-refractivity contribution in [2.24, 2.45) is 5.92 Å². The lowest BCUT2D eigenvalue weighted by atomic mass is 10.0. The van der Waals surface area contributed by atoms with Crippen molar-refractivity contribution in [1.29, 1.82) is 0 Å². The molecule has 2 aliphatic heterocycles. The summed E-state index contributed by atoms with van der Waals surface area (Å²) in [6.45, 7) is 6.81. The predicted molar refractivity (Wildman–Crippen MR) is 151 cm³/mol. The molecule has 0 saturated carbocycles. The van der Waals surface area contributed by atoms with Crippen LogP contribution in [-0.2, 0) is 35.2 Å². The summed E-state index contributed by atoms with van der Waals surface area (Å²) in [5.41, 5.74) is 0.834. The Morgan fingerprint density at radius 3 is 2.15 bits per heavy atom. The number of nitrogens with one attached hydrogen (secondary N) is 5. The molecular formula is C29H42N6O6. The van der Waals surface area contributed by atoms with E-state index in [4.69, 9.17) is 0 Å². The van der Waals surface area contributed by atoms with Gasteiger partial charge >= 0.3 is 0 Å². The van der Waals surface area contributed by atoms with Crippen molar-refractivity contribution in [1.82, 2.24) is 31.5 Å². The van der Waals surface area contributed by atoms with Crippen molar-refractivity contribution in [3.63, 3.8) is 0 Å². The molecule has 0 radical (unpaired) electrons. The molecule has 12 heteroatoms. The van der Waals surface area contributed by atoms with Gasteiger partial charge in [-0.1, -0.05) is 51.1 Å². The highest BCUT2D eigenvalue weighted by Gasteiger charge is 2.35. The number of amides is 6. The van der Waals surface area contributed by atoms with Crippen LogP contribution in [0.5, 0.6) is 0 Å². The van der Waals surface area contributed by atoms with E-state index < -0.39 is 59.7 Å². The van der Waals surface area contributed by atoms with E-state index in [1.54, 1.807) is 0 Å². The molecule has 41 heavy (non-hydrogen) atoms. The van der Waals surface area contributed by atoms with Gasteiger partial charge in [0.15, 0.2) is 0 Å². The van der Waals surface area contributed by atoms with Gasteiger partial charge < -0.3 is 31.5 Å². The van der Waals surface area contributed by atoms with Crippen LogP contribution in [0.4, 0.5) is 0 Å². The quantitative estimate of drug-likeness (QED) is 0.317. The SMILES string of the molecule is CC[C@H]1CN(C(=O)[C@H]2CCC(=O)N2)CC(=O)N[C@H](C)C(=O)N[C@@H](CC(C)C)C(=O)N[C@@H](Cc2ccccc2)C(=O)N1. The first-order chi connectivity index (χ1) is 19.5. The van der Waals surface area contributed by atoms with E-state index >= 15 is 0 Å². The molecule has 2 fully saturated rings. The first-order valence-electron chi connectivity index (χ1n) is 14.3. The minimum Gasteiger partial charge on any atom is -0.350 e. The van der Waals surface area contributed by atoms with Crippen molar-refractivity contribution in [3.05, 3.63) is 35.9 Å². The standard InChI is InChI=1S/C29H42N6O6/c1-5-20-15-35(29(41)21-11-12-24(36)32-21)16-25(37)30-18(4)26(38)33-22(13-17(2)3)28(40)34-23(27(39)31-20)14-19-9-7-6-8-10-19/h6-10,17-18,20-23H,5,11-16H2,1-4H3,(H,30,37)(H,31,39)(H,32,36)(H,33,38)(H,34,40)/t18-,20+,21-,22+,23+/m1/s1. The summed E-state index contributed by atoms with van der Waals surface area (Å²) in [6.07, 6.45) is 1.49. The summed E-state index contributed by atoms with van der Waals surface area (Å²) in [5.74, 6) is -2.71. The second-order valence-corrected chi connectivity index (χ2v) is 11.2. The molecule has 0 aromatic heterocycles. The summed E-state index contributed by atoms with van der Waals surface area (Å²) in [7, 11) is 0. The number of carbonyl (C=O) groups excluding carboxylic acids is 6. The van der Waals surface area contributed by atoms with Crippen LogP contribution in [0.15, 0.2) is 30.3 Å². The number of hydrogen-bond donors (Lipinski definition) is 5. The summed E-state index contributed by atoms with van der Waals surface area (Å²) < 4.78 is 0. The average Bonchev–Trinajstić information content (AvgIpc) is 3.36. The molecule has 2 heterocycles. The van der Waals surface area contributed by atoms with E-state index in [2.05, 4.69) is 26.6 Å². The molecule has 5 N–H and O–H groups in total. The molecule has 0 aliphatic carbocycles. The number of rotatable bonds is 6. The van der Waals surface area contributed by atoms with Crippen LogP contribution < -0.4 is 26.6 Å². The van der Waals surface area contributed by atoms with Gasteiger partial charge in [0, 0.05) is 25.4 Å². The van der Waals surface area contributed by atoms with Crippen LogP contribution in [0, 0.1) is 5.92 Å².